The van der Waals surface area contributed by atoms with Crippen LogP contribution in [0.2, 0.25) is 0 Å². The van der Waals surface area contributed by atoms with Crippen LogP contribution in [0.4, 0.5) is 39.8 Å². The number of para-hydroxylation sites is 1. The summed E-state index contributed by atoms with van der Waals surface area (Å²) in [4.78, 5) is 43.1. The molecule has 0 fully saturated rings. The maximum atomic E-state index is 14.3. The lowest BCUT2D eigenvalue weighted by atomic mass is 10.0. The highest BCUT2D eigenvalue weighted by Crippen LogP contribution is 2.31. The van der Waals surface area contributed by atoms with E-state index in [-0.39, 0.29) is 43.0 Å². The van der Waals surface area contributed by atoms with Gasteiger partial charge in [-0.25, -0.2) is 9.59 Å². The maximum absolute atomic E-state index is 14.3. The molecule has 5 amide bonds. The van der Waals surface area contributed by atoms with Crippen LogP contribution in [0, 0.1) is 5.92 Å². The molecular weight excluding hydrogens is 667 g/mol. The molecule has 0 radical (unpaired) electrons. The molecule has 0 bridgehead atoms. The summed E-state index contributed by atoms with van der Waals surface area (Å²) in [5.41, 5.74) is 0.540. The smallest absolute Gasteiger partial charge is 0.416 e. The van der Waals surface area contributed by atoms with Crippen LogP contribution in [0.1, 0.15) is 56.0 Å². The van der Waals surface area contributed by atoms with Crippen molar-refractivity contribution >= 4 is 35.0 Å². The van der Waals surface area contributed by atoms with Crippen LogP contribution in [-0.4, -0.2) is 84.5 Å². The Morgan fingerprint density at radius 3 is 2.27 bits per heavy atom. The van der Waals surface area contributed by atoms with E-state index >= 15 is 0 Å². The third-order valence-electron chi connectivity index (χ3n) is 8.61. The number of alkyl halides is 3. The maximum Gasteiger partial charge on any atom is 0.416 e. The van der Waals surface area contributed by atoms with Gasteiger partial charge in [0.05, 0.1) is 36.0 Å². The van der Waals surface area contributed by atoms with Crippen LogP contribution in [0.25, 0.3) is 0 Å². The average molecular weight is 714 g/mol. The standard InChI is InChI=1S/C37H46F3N5O6/c1-24-21-45(25(2)23-46)34(47)31-20-30(42-35(48)41-28-11-6-5-7-12-28)17-18-32(31)51-26(3)10-8-9-19-50-33(24)22-44(4)36(49)43-29-15-13-27(14-16-29)37(38,39)40/h5-7,11-18,20,24-26,33,46H,8-10,19,21-23H2,1-4H3,(H,43,49)(H2,41,42,48)/t24-,25-,26-,33-/m0/s1. The molecule has 4 N–H and O–H groups in total. The lowest BCUT2D eigenvalue weighted by Gasteiger charge is -2.35. The first-order valence-corrected chi connectivity index (χ1v) is 16.9. The number of fused-ring (bicyclic) bond motifs is 1. The van der Waals surface area contributed by atoms with Crippen molar-refractivity contribution in [1.29, 1.82) is 0 Å². The van der Waals surface area contributed by atoms with Gasteiger partial charge in [-0.05, 0) is 87.7 Å². The fraction of sp³-hybridized carbons (Fsp3) is 0.432. The number of hydrogen-bond acceptors (Lipinski definition) is 6. The summed E-state index contributed by atoms with van der Waals surface area (Å²) in [6.45, 7) is 5.81. The summed E-state index contributed by atoms with van der Waals surface area (Å²) in [6, 6.07) is 16.3. The van der Waals surface area contributed by atoms with Crippen molar-refractivity contribution in [3.8, 4) is 5.75 Å². The monoisotopic (exact) mass is 713 g/mol. The minimum atomic E-state index is -4.49. The summed E-state index contributed by atoms with van der Waals surface area (Å²) >= 11 is 0. The molecule has 3 aromatic rings. The molecule has 1 aliphatic heterocycles. The summed E-state index contributed by atoms with van der Waals surface area (Å²) in [5.74, 6) is -0.427. The van der Waals surface area contributed by atoms with Gasteiger partial charge in [0.2, 0.25) is 0 Å². The highest BCUT2D eigenvalue weighted by molar-refractivity contribution is 6.02. The number of aliphatic hydroxyl groups is 1. The number of rotatable bonds is 7. The Bertz CT molecular complexity index is 1610. The second-order valence-electron chi connectivity index (χ2n) is 12.8. The van der Waals surface area contributed by atoms with Crippen LogP contribution >= 0.6 is 0 Å². The molecule has 1 heterocycles. The third-order valence-corrected chi connectivity index (χ3v) is 8.61. The number of likely N-dealkylation sites (N-methyl/N-ethyl adjacent to an activating group) is 1. The van der Waals surface area contributed by atoms with Crippen molar-refractivity contribution in [2.24, 2.45) is 5.92 Å². The number of anilines is 3. The number of hydrogen-bond donors (Lipinski definition) is 4. The predicted molar refractivity (Wildman–Crippen MR) is 189 cm³/mol. The molecular formula is C37H46F3N5O6. The summed E-state index contributed by atoms with van der Waals surface area (Å²) in [7, 11) is 1.55. The van der Waals surface area contributed by atoms with Gasteiger partial charge in [-0.15, -0.1) is 0 Å². The molecule has 51 heavy (non-hydrogen) atoms. The van der Waals surface area contributed by atoms with Gasteiger partial charge in [0.15, 0.2) is 0 Å². The molecule has 0 saturated carbocycles. The largest absolute Gasteiger partial charge is 0.490 e. The number of nitrogens with one attached hydrogen (secondary N) is 3. The fourth-order valence-electron chi connectivity index (χ4n) is 5.59. The molecule has 0 unspecified atom stereocenters. The predicted octanol–water partition coefficient (Wildman–Crippen LogP) is 7.31. The number of aliphatic hydroxyl groups excluding tert-OH is 1. The van der Waals surface area contributed by atoms with E-state index in [9.17, 15) is 32.7 Å². The van der Waals surface area contributed by atoms with Gasteiger partial charge in [-0.1, -0.05) is 25.1 Å². The second kappa shape index (κ2) is 17.9. The molecule has 0 spiro atoms. The first-order chi connectivity index (χ1) is 24.2. The zero-order valence-electron chi connectivity index (χ0n) is 29.2. The van der Waals surface area contributed by atoms with Crippen molar-refractivity contribution in [2.45, 2.75) is 64.5 Å². The number of nitrogens with zero attached hydrogens (tertiary/aromatic N) is 2. The Labute approximate surface area is 296 Å². The first-order valence-electron chi connectivity index (χ1n) is 16.9. The topological polar surface area (TPSA) is 132 Å². The second-order valence-corrected chi connectivity index (χ2v) is 12.8. The molecule has 0 aliphatic carbocycles. The Morgan fingerprint density at radius 2 is 1.61 bits per heavy atom. The molecule has 0 aromatic heterocycles. The van der Waals surface area contributed by atoms with E-state index in [4.69, 9.17) is 9.47 Å². The number of ether oxygens (including phenoxy) is 2. The molecule has 0 saturated heterocycles. The normalized spacial score (nSPS) is 19.5. The number of halogens is 3. The zero-order chi connectivity index (χ0) is 37.1. The summed E-state index contributed by atoms with van der Waals surface area (Å²) in [5, 5.41) is 18.3. The third kappa shape index (κ3) is 11.3. The van der Waals surface area contributed by atoms with Crippen molar-refractivity contribution in [3.63, 3.8) is 0 Å². The SMILES string of the molecule is C[C@H]1CCCCO[C@@H](CN(C)C(=O)Nc2ccc(C(F)(F)F)cc2)[C@@H](C)CN([C@@H](C)CO)C(=O)c2cc(NC(=O)Nc3ccccc3)ccc2O1. The average Bonchev–Trinajstić information content (AvgIpc) is 3.09. The van der Waals surface area contributed by atoms with Gasteiger partial charge in [0.25, 0.3) is 5.91 Å². The number of carbonyl (C=O) groups is 3. The van der Waals surface area contributed by atoms with E-state index in [0.29, 0.717) is 36.6 Å². The summed E-state index contributed by atoms with van der Waals surface area (Å²) in [6.07, 6.45) is -3.14. The molecule has 276 valence electrons. The van der Waals surface area contributed by atoms with Crippen molar-refractivity contribution in [3.05, 3.63) is 83.9 Å². The van der Waals surface area contributed by atoms with E-state index in [1.165, 1.54) is 21.9 Å². The van der Waals surface area contributed by atoms with E-state index < -0.39 is 41.9 Å². The van der Waals surface area contributed by atoms with Gasteiger partial charge in [-0.3, -0.25) is 4.79 Å². The van der Waals surface area contributed by atoms with Gasteiger partial charge in [-0.2, -0.15) is 13.2 Å². The van der Waals surface area contributed by atoms with E-state index in [1.807, 2.05) is 19.9 Å². The van der Waals surface area contributed by atoms with Gasteiger partial charge < -0.3 is 40.3 Å². The van der Waals surface area contributed by atoms with Gasteiger partial charge >= 0.3 is 18.2 Å². The van der Waals surface area contributed by atoms with E-state index in [1.54, 1.807) is 56.4 Å². The van der Waals surface area contributed by atoms with Crippen molar-refractivity contribution in [2.75, 3.05) is 49.3 Å². The van der Waals surface area contributed by atoms with E-state index in [2.05, 4.69) is 16.0 Å². The molecule has 4 rings (SSSR count). The first kappa shape index (κ1) is 39.0. The Hall–Kier alpha value is -4.82. The zero-order valence-corrected chi connectivity index (χ0v) is 29.2. The highest BCUT2D eigenvalue weighted by Gasteiger charge is 2.32. The van der Waals surface area contributed by atoms with E-state index in [0.717, 1.165) is 18.6 Å². The number of urea groups is 2. The Balaban J connectivity index is 1.55. The van der Waals surface area contributed by atoms with Crippen LogP contribution < -0.4 is 20.7 Å². The highest BCUT2D eigenvalue weighted by atomic mass is 19.4. The van der Waals surface area contributed by atoms with Gasteiger partial charge in [0.1, 0.15) is 5.75 Å². The van der Waals surface area contributed by atoms with Crippen LogP contribution in [0.3, 0.4) is 0 Å². The fourth-order valence-corrected chi connectivity index (χ4v) is 5.59. The Kier molecular flexibility index (Phi) is 13.7. The quantitative estimate of drug-likeness (QED) is 0.203. The number of amides is 5. The van der Waals surface area contributed by atoms with Gasteiger partial charge in [0, 0.05) is 49.7 Å². The minimum absolute atomic E-state index is 0.115. The van der Waals surface area contributed by atoms with Crippen LogP contribution in [-0.2, 0) is 10.9 Å². The molecule has 4 atom stereocenters. The van der Waals surface area contributed by atoms with Crippen molar-refractivity contribution in [1.82, 2.24) is 9.80 Å². The number of carbonyl (C=O) groups excluding carboxylic acids is 3. The summed E-state index contributed by atoms with van der Waals surface area (Å²) < 4.78 is 51.5. The van der Waals surface area contributed by atoms with Crippen LogP contribution in [0.5, 0.6) is 5.75 Å². The van der Waals surface area contributed by atoms with Crippen molar-refractivity contribution < 1.29 is 42.1 Å². The molecule has 14 heteroatoms. The molecule has 3 aromatic carbocycles. The number of benzene rings is 3. The molecule has 11 nitrogen and oxygen atoms in total. The van der Waals surface area contributed by atoms with Crippen LogP contribution in [0.15, 0.2) is 72.8 Å². The minimum Gasteiger partial charge on any atom is -0.490 e. The lowest BCUT2D eigenvalue weighted by molar-refractivity contribution is -0.137. The molecule has 1 aliphatic rings. The Morgan fingerprint density at radius 1 is 0.961 bits per heavy atom. The lowest BCUT2D eigenvalue weighted by Crippen LogP contribution is -2.48.